The number of hydrogen-bond donors (Lipinski definition) is 1. The average molecular weight is 290 g/mol. The van der Waals surface area contributed by atoms with Crippen molar-refractivity contribution in [2.45, 2.75) is 45.4 Å². The third-order valence-corrected chi connectivity index (χ3v) is 4.49. The molecule has 2 heterocycles. The quantitative estimate of drug-likeness (QED) is 0.845. The summed E-state index contributed by atoms with van der Waals surface area (Å²) in [5.41, 5.74) is 1.26. The van der Waals surface area contributed by atoms with E-state index in [0.717, 1.165) is 37.2 Å². The largest absolute Gasteiger partial charge is 0.463 e. The van der Waals surface area contributed by atoms with Crippen molar-refractivity contribution in [2.75, 3.05) is 7.05 Å². The van der Waals surface area contributed by atoms with E-state index >= 15 is 0 Å². The normalized spacial score (nSPS) is 15.2. The highest BCUT2D eigenvalue weighted by Crippen LogP contribution is 2.22. The molecule has 1 fully saturated rings. The summed E-state index contributed by atoms with van der Waals surface area (Å²) in [6.07, 6.45) is 2.63. The summed E-state index contributed by atoms with van der Waals surface area (Å²) in [5, 5.41) is 5.64. The number of rotatable bonds is 7. The fourth-order valence-electron chi connectivity index (χ4n) is 2.36. The highest BCUT2D eigenvalue weighted by Gasteiger charge is 2.21. The third kappa shape index (κ3) is 3.72. The number of aryl methyl sites for hydroxylation is 1. The Morgan fingerprint density at radius 3 is 2.95 bits per heavy atom. The summed E-state index contributed by atoms with van der Waals surface area (Å²) in [6, 6.07) is 7.19. The summed E-state index contributed by atoms with van der Waals surface area (Å²) in [5.74, 6) is 2.16. The van der Waals surface area contributed by atoms with Crippen molar-refractivity contribution in [1.29, 1.82) is 0 Å². The van der Waals surface area contributed by atoms with Crippen molar-refractivity contribution in [3.05, 3.63) is 45.5 Å². The van der Waals surface area contributed by atoms with Gasteiger partial charge in [0.25, 0.3) is 0 Å². The van der Waals surface area contributed by atoms with Gasteiger partial charge in [-0.15, -0.1) is 11.3 Å². The van der Waals surface area contributed by atoms with E-state index < -0.39 is 0 Å². The van der Waals surface area contributed by atoms with Crippen LogP contribution < -0.4 is 5.32 Å². The molecule has 1 saturated carbocycles. The van der Waals surface area contributed by atoms with E-state index in [9.17, 15) is 0 Å². The van der Waals surface area contributed by atoms with Crippen LogP contribution in [0.15, 0.2) is 28.0 Å². The Morgan fingerprint density at radius 2 is 2.25 bits per heavy atom. The molecule has 0 unspecified atom stereocenters. The zero-order valence-corrected chi connectivity index (χ0v) is 13.0. The maximum Gasteiger partial charge on any atom is 0.120 e. The van der Waals surface area contributed by atoms with Crippen LogP contribution in [0, 0.1) is 6.92 Å². The molecule has 0 radical (unpaired) electrons. The van der Waals surface area contributed by atoms with Gasteiger partial charge < -0.3 is 9.73 Å². The van der Waals surface area contributed by atoms with Gasteiger partial charge in [-0.05, 0) is 49.9 Å². The summed E-state index contributed by atoms with van der Waals surface area (Å²) < 4.78 is 5.98. The van der Waals surface area contributed by atoms with Crippen molar-refractivity contribution in [3.8, 4) is 0 Å². The second-order valence-electron chi connectivity index (χ2n) is 5.73. The molecule has 3 rings (SSSR count). The van der Waals surface area contributed by atoms with E-state index in [1.807, 2.05) is 0 Å². The molecule has 1 N–H and O–H groups in total. The average Bonchev–Trinajstić information content (AvgIpc) is 2.98. The molecule has 0 aliphatic heterocycles. The molecule has 0 atom stereocenters. The maximum absolute atomic E-state index is 5.98. The van der Waals surface area contributed by atoms with Crippen LogP contribution in [0.25, 0.3) is 0 Å². The highest BCUT2D eigenvalue weighted by molar-refractivity contribution is 7.09. The fraction of sp³-hybridized carbons (Fsp3) is 0.500. The summed E-state index contributed by atoms with van der Waals surface area (Å²) >= 11 is 1.81. The molecule has 0 saturated heterocycles. The Labute approximate surface area is 124 Å². The number of hydrogen-bond acceptors (Lipinski definition) is 4. The van der Waals surface area contributed by atoms with Gasteiger partial charge in [-0.1, -0.05) is 6.07 Å². The van der Waals surface area contributed by atoms with Crippen LogP contribution in [0.2, 0.25) is 0 Å². The van der Waals surface area contributed by atoms with E-state index in [0.29, 0.717) is 0 Å². The maximum atomic E-state index is 5.98. The lowest BCUT2D eigenvalue weighted by atomic mass is 10.2. The van der Waals surface area contributed by atoms with E-state index in [2.05, 4.69) is 47.8 Å². The second-order valence-corrected chi connectivity index (χ2v) is 6.76. The standard InChI is InChI=1S/C16H22N2OS/c1-12-8-14(19-16(12)9-17-13-5-6-13)10-18(2)11-15-4-3-7-20-15/h3-4,7-8,13,17H,5-6,9-11H2,1-2H3. The van der Waals surface area contributed by atoms with Gasteiger partial charge in [0.1, 0.15) is 11.5 Å². The first-order valence-electron chi connectivity index (χ1n) is 7.23. The molecule has 0 spiro atoms. The summed E-state index contributed by atoms with van der Waals surface area (Å²) in [4.78, 5) is 3.69. The first-order valence-corrected chi connectivity index (χ1v) is 8.11. The molecule has 1 aliphatic rings. The van der Waals surface area contributed by atoms with Gasteiger partial charge in [0.15, 0.2) is 0 Å². The third-order valence-electron chi connectivity index (χ3n) is 3.63. The monoisotopic (exact) mass is 290 g/mol. The first kappa shape index (κ1) is 13.9. The minimum atomic E-state index is 0.726. The zero-order valence-electron chi connectivity index (χ0n) is 12.2. The fourth-order valence-corrected chi connectivity index (χ4v) is 3.14. The molecule has 0 amide bonds. The lowest BCUT2D eigenvalue weighted by Gasteiger charge is -2.13. The van der Waals surface area contributed by atoms with Crippen LogP contribution in [0.3, 0.4) is 0 Å². The minimum absolute atomic E-state index is 0.726. The number of nitrogens with one attached hydrogen (secondary N) is 1. The topological polar surface area (TPSA) is 28.4 Å². The van der Waals surface area contributed by atoms with E-state index in [1.54, 1.807) is 11.3 Å². The Balaban J connectivity index is 1.54. The van der Waals surface area contributed by atoms with Crippen LogP contribution >= 0.6 is 11.3 Å². The number of nitrogens with zero attached hydrogens (tertiary/aromatic N) is 1. The number of thiophene rings is 1. The van der Waals surface area contributed by atoms with Crippen molar-refractivity contribution in [3.63, 3.8) is 0 Å². The Kier molecular flexibility index (Phi) is 4.24. The molecular weight excluding hydrogens is 268 g/mol. The molecule has 4 heteroatoms. The molecule has 20 heavy (non-hydrogen) atoms. The lowest BCUT2D eigenvalue weighted by Crippen LogP contribution is -2.16. The Hall–Kier alpha value is -1.10. The van der Waals surface area contributed by atoms with Crippen LogP contribution in [-0.4, -0.2) is 18.0 Å². The van der Waals surface area contributed by atoms with Gasteiger partial charge in [-0.3, -0.25) is 4.90 Å². The predicted molar refractivity (Wildman–Crippen MR) is 82.8 cm³/mol. The van der Waals surface area contributed by atoms with Gasteiger partial charge in [-0.25, -0.2) is 0 Å². The Morgan fingerprint density at radius 1 is 1.40 bits per heavy atom. The smallest absolute Gasteiger partial charge is 0.120 e. The second kappa shape index (κ2) is 6.12. The SMILES string of the molecule is Cc1cc(CN(C)Cc2cccs2)oc1CNC1CC1. The first-order chi connectivity index (χ1) is 9.70. The van der Waals surface area contributed by atoms with Crippen LogP contribution in [-0.2, 0) is 19.6 Å². The van der Waals surface area contributed by atoms with Crippen molar-refractivity contribution >= 4 is 11.3 Å². The molecule has 108 valence electrons. The Bertz CT molecular complexity index is 543. The molecule has 0 aromatic carbocycles. The van der Waals surface area contributed by atoms with Crippen LogP contribution in [0.5, 0.6) is 0 Å². The van der Waals surface area contributed by atoms with E-state index in [4.69, 9.17) is 4.42 Å². The molecule has 1 aliphatic carbocycles. The summed E-state index contributed by atoms with van der Waals surface area (Å²) in [7, 11) is 2.14. The van der Waals surface area contributed by atoms with E-state index in [-0.39, 0.29) is 0 Å². The van der Waals surface area contributed by atoms with Crippen molar-refractivity contribution < 1.29 is 4.42 Å². The molecule has 3 nitrogen and oxygen atoms in total. The zero-order chi connectivity index (χ0) is 13.9. The molecule has 2 aromatic rings. The minimum Gasteiger partial charge on any atom is -0.463 e. The molecule has 0 bridgehead atoms. The number of furan rings is 1. The van der Waals surface area contributed by atoms with E-state index in [1.165, 1.54) is 23.3 Å². The summed E-state index contributed by atoms with van der Waals surface area (Å²) in [6.45, 7) is 4.84. The lowest BCUT2D eigenvalue weighted by molar-refractivity contribution is 0.284. The molecular formula is C16H22N2OS. The van der Waals surface area contributed by atoms with Gasteiger partial charge >= 0.3 is 0 Å². The molecule has 2 aromatic heterocycles. The van der Waals surface area contributed by atoms with Crippen molar-refractivity contribution in [1.82, 2.24) is 10.2 Å². The highest BCUT2D eigenvalue weighted by atomic mass is 32.1. The van der Waals surface area contributed by atoms with Gasteiger partial charge in [-0.2, -0.15) is 0 Å². The van der Waals surface area contributed by atoms with Gasteiger partial charge in [0.2, 0.25) is 0 Å². The predicted octanol–water partition coefficient (Wildman–Crippen LogP) is 3.53. The van der Waals surface area contributed by atoms with Crippen molar-refractivity contribution in [2.24, 2.45) is 0 Å². The van der Waals surface area contributed by atoms with Gasteiger partial charge in [0, 0.05) is 17.5 Å². The van der Waals surface area contributed by atoms with Crippen LogP contribution in [0.4, 0.5) is 0 Å². The van der Waals surface area contributed by atoms with Gasteiger partial charge in [0.05, 0.1) is 13.1 Å². The van der Waals surface area contributed by atoms with Crippen LogP contribution in [0.1, 0.15) is 34.8 Å².